The summed E-state index contributed by atoms with van der Waals surface area (Å²) in [5.74, 6) is 0.0423. The maximum absolute atomic E-state index is 13.5. The molecule has 0 aromatic heterocycles. The first kappa shape index (κ1) is 21.1. The molecule has 3 aliphatic heterocycles. The number of hydrogen-bond acceptors (Lipinski definition) is 5. The molecule has 0 aromatic rings. The topological polar surface area (TPSA) is 106 Å². The van der Waals surface area contributed by atoms with E-state index < -0.39 is 17.6 Å². The Hall–Kier alpha value is -2.14. The molecule has 8 heteroatoms. The zero-order chi connectivity index (χ0) is 21.3. The molecule has 30 heavy (non-hydrogen) atoms. The summed E-state index contributed by atoms with van der Waals surface area (Å²) in [5, 5.41) is 15.2. The molecule has 4 fully saturated rings. The van der Waals surface area contributed by atoms with E-state index in [0.717, 1.165) is 45.1 Å². The molecule has 4 rings (SSSR count). The number of nitrogens with one attached hydrogen (secondary N) is 2. The molecule has 3 saturated heterocycles. The van der Waals surface area contributed by atoms with Crippen molar-refractivity contribution in [3.8, 4) is 6.07 Å². The molecule has 1 spiro atoms. The number of nitriles is 1. The quantitative estimate of drug-likeness (QED) is 0.639. The van der Waals surface area contributed by atoms with E-state index in [-0.39, 0.29) is 23.6 Å². The molecule has 0 bridgehead atoms. The number of amides is 3. The van der Waals surface area contributed by atoms with Gasteiger partial charge in [-0.05, 0) is 64.5 Å². The first-order valence-corrected chi connectivity index (χ1v) is 11.4. The van der Waals surface area contributed by atoms with Crippen molar-refractivity contribution in [1.29, 1.82) is 5.26 Å². The van der Waals surface area contributed by atoms with Crippen LogP contribution in [0.25, 0.3) is 0 Å². The predicted octanol–water partition coefficient (Wildman–Crippen LogP) is 0.776. The number of likely N-dealkylation sites (N-methyl/N-ethyl adjacent to an activating group) is 1. The van der Waals surface area contributed by atoms with Gasteiger partial charge in [0.2, 0.25) is 17.7 Å². The molecule has 1 aliphatic carbocycles. The Bertz CT molecular complexity index is 746. The fraction of sp³-hybridized carbons (Fsp3) is 0.818. The number of hydrogen-bond donors (Lipinski definition) is 2. The highest BCUT2D eigenvalue weighted by molar-refractivity contribution is 5.94. The van der Waals surface area contributed by atoms with Gasteiger partial charge in [0.05, 0.1) is 6.07 Å². The van der Waals surface area contributed by atoms with Crippen molar-refractivity contribution in [2.75, 3.05) is 26.7 Å². The summed E-state index contributed by atoms with van der Waals surface area (Å²) in [6.45, 7) is 2.13. The van der Waals surface area contributed by atoms with Crippen LogP contribution in [0.1, 0.15) is 57.8 Å². The molecule has 3 amide bonds. The van der Waals surface area contributed by atoms with Gasteiger partial charge in [0.25, 0.3) is 0 Å². The van der Waals surface area contributed by atoms with Crippen molar-refractivity contribution in [2.24, 2.45) is 11.8 Å². The van der Waals surface area contributed by atoms with Crippen molar-refractivity contribution in [3.63, 3.8) is 0 Å². The minimum Gasteiger partial charge on any atom is -0.356 e. The highest BCUT2D eigenvalue weighted by Gasteiger charge is 2.53. The molecule has 4 aliphatic rings. The SMILES string of the molecule is CN1CCCC[C@@]12CCN([C@H](CC1CC1)C(=O)N[C@H](C#N)C[C@@H]1CCNC1=O)C2=O. The fourth-order valence-corrected chi connectivity index (χ4v) is 5.45. The number of rotatable bonds is 7. The van der Waals surface area contributed by atoms with Gasteiger partial charge < -0.3 is 15.5 Å². The van der Waals surface area contributed by atoms with Crippen LogP contribution >= 0.6 is 0 Å². The van der Waals surface area contributed by atoms with E-state index in [2.05, 4.69) is 21.6 Å². The minimum atomic E-state index is -0.711. The number of carbonyl (C=O) groups is 3. The van der Waals surface area contributed by atoms with Gasteiger partial charge in [-0.15, -0.1) is 0 Å². The van der Waals surface area contributed by atoms with Crippen molar-refractivity contribution < 1.29 is 14.4 Å². The van der Waals surface area contributed by atoms with Gasteiger partial charge in [-0.2, -0.15) is 5.26 Å². The molecular formula is C22H33N5O3. The average molecular weight is 416 g/mol. The normalized spacial score (nSPS) is 31.5. The maximum atomic E-state index is 13.5. The summed E-state index contributed by atoms with van der Waals surface area (Å²) in [4.78, 5) is 42.6. The molecule has 8 nitrogen and oxygen atoms in total. The lowest BCUT2D eigenvalue weighted by Gasteiger charge is -2.41. The number of nitrogens with zero attached hydrogens (tertiary/aromatic N) is 3. The monoisotopic (exact) mass is 415 g/mol. The van der Waals surface area contributed by atoms with Crippen LogP contribution in [0.5, 0.6) is 0 Å². The van der Waals surface area contributed by atoms with Crippen LogP contribution in [0, 0.1) is 23.2 Å². The molecule has 164 valence electrons. The molecule has 0 unspecified atom stereocenters. The van der Waals surface area contributed by atoms with E-state index in [1.54, 1.807) is 4.90 Å². The molecule has 4 atom stereocenters. The summed E-state index contributed by atoms with van der Waals surface area (Å²) in [6.07, 6.45) is 7.65. The molecule has 1 saturated carbocycles. The Kier molecular flexibility index (Phi) is 6.01. The lowest BCUT2D eigenvalue weighted by atomic mass is 9.85. The minimum absolute atomic E-state index is 0.0453. The van der Waals surface area contributed by atoms with E-state index in [4.69, 9.17) is 0 Å². The van der Waals surface area contributed by atoms with Crippen LogP contribution < -0.4 is 10.6 Å². The summed E-state index contributed by atoms with van der Waals surface area (Å²) >= 11 is 0. The smallest absolute Gasteiger partial charge is 0.243 e. The largest absolute Gasteiger partial charge is 0.356 e. The van der Waals surface area contributed by atoms with Crippen LogP contribution in [0.15, 0.2) is 0 Å². The average Bonchev–Trinajstić information content (AvgIpc) is 3.39. The maximum Gasteiger partial charge on any atom is 0.243 e. The van der Waals surface area contributed by atoms with Gasteiger partial charge in [0.15, 0.2) is 0 Å². The lowest BCUT2D eigenvalue weighted by Crippen LogP contribution is -2.58. The summed E-state index contributed by atoms with van der Waals surface area (Å²) in [7, 11) is 2.02. The Labute approximate surface area is 178 Å². The Morgan fingerprint density at radius 1 is 1.23 bits per heavy atom. The highest BCUT2D eigenvalue weighted by atomic mass is 16.2. The number of carbonyl (C=O) groups excluding carboxylic acids is 3. The predicted molar refractivity (Wildman–Crippen MR) is 110 cm³/mol. The second-order valence-electron chi connectivity index (χ2n) is 9.56. The summed E-state index contributed by atoms with van der Waals surface area (Å²) in [5.41, 5.74) is -0.461. The standard InChI is InChI=1S/C22H33N5O3/c1-26-10-3-2-7-22(26)8-11-27(21(22)30)18(12-15-4-5-15)20(29)25-17(14-23)13-16-6-9-24-19(16)28/h15-18H,2-13H2,1H3,(H,24,28)(H,25,29)/t16-,17-,18+,22-/m0/s1. The molecule has 0 aromatic carbocycles. The van der Waals surface area contributed by atoms with Gasteiger partial charge in [-0.1, -0.05) is 12.8 Å². The van der Waals surface area contributed by atoms with E-state index in [9.17, 15) is 19.6 Å². The van der Waals surface area contributed by atoms with Gasteiger partial charge in [-0.3, -0.25) is 19.3 Å². The molecular weight excluding hydrogens is 382 g/mol. The fourth-order valence-electron chi connectivity index (χ4n) is 5.45. The van der Waals surface area contributed by atoms with Crippen LogP contribution in [0.3, 0.4) is 0 Å². The van der Waals surface area contributed by atoms with E-state index in [1.807, 2.05) is 7.05 Å². The first-order chi connectivity index (χ1) is 14.4. The molecule has 3 heterocycles. The summed E-state index contributed by atoms with van der Waals surface area (Å²) in [6, 6.07) is 0.915. The van der Waals surface area contributed by atoms with Crippen LogP contribution in [0.2, 0.25) is 0 Å². The van der Waals surface area contributed by atoms with Gasteiger partial charge in [0.1, 0.15) is 17.6 Å². The van der Waals surface area contributed by atoms with Crippen LogP contribution in [-0.2, 0) is 14.4 Å². The zero-order valence-corrected chi connectivity index (χ0v) is 17.9. The third kappa shape index (κ3) is 4.04. The summed E-state index contributed by atoms with van der Waals surface area (Å²) < 4.78 is 0. The Morgan fingerprint density at radius 3 is 2.67 bits per heavy atom. The Morgan fingerprint density at radius 2 is 2.03 bits per heavy atom. The van der Waals surface area contributed by atoms with Crippen molar-refractivity contribution in [2.45, 2.75) is 75.4 Å². The second-order valence-corrected chi connectivity index (χ2v) is 9.56. The highest BCUT2D eigenvalue weighted by Crippen LogP contribution is 2.40. The van der Waals surface area contributed by atoms with Gasteiger partial charge >= 0.3 is 0 Å². The van der Waals surface area contributed by atoms with E-state index in [0.29, 0.717) is 38.3 Å². The van der Waals surface area contributed by atoms with Gasteiger partial charge in [-0.25, -0.2) is 0 Å². The van der Waals surface area contributed by atoms with Gasteiger partial charge in [0, 0.05) is 19.0 Å². The molecule has 0 radical (unpaired) electrons. The number of piperidine rings is 1. The number of likely N-dealkylation sites (tertiary alicyclic amines) is 2. The zero-order valence-electron chi connectivity index (χ0n) is 17.9. The third-order valence-electron chi connectivity index (χ3n) is 7.58. The van der Waals surface area contributed by atoms with E-state index in [1.165, 1.54) is 0 Å². The molecule has 2 N–H and O–H groups in total. The van der Waals surface area contributed by atoms with Crippen molar-refractivity contribution in [3.05, 3.63) is 0 Å². The first-order valence-electron chi connectivity index (χ1n) is 11.4. The van der Waals surface area contributed by atoms with Crippen molar-refractivity contribution in [1.82, 2.24) is 20.4 Å². The third-order valence-corrected chi connectivity index (χ3v) is 7.58. The van der Waals surface area contributed by atoms with Crippen molar-refractivity contribution >= 4 is 17.7 Å². The Balaban J connectivity index is 1.45. The van der Waals surface area contributed by atoms with Crippen LogP contribution in [0.4, 0.5) is 0 Å². The lowest BCUT2D eigenvalue weighted by molar-refractivity contribution is -0.145. The second kappa shape index (κ2) is 8.54. The van der Waals surface area contributed by atoms with Crippen LogP contribution in [-0.4, -0.2) is 71.8 Å². The van der Waals surface area contributed by atoms with E-state index >= 15 is 0 Å².